The molecule has 1 aromatic rings. The van der Waals surface area contributed by atoms with Crippen LogP contribution in [0.15, 0.2) is 22.8 Å². The zero-order valence-corrected chi connectivity index (χ0v) is 11.5. The van der Waals surface area contributed by atoms with E-state index >= 15 is 0 Å². The number of hydrogen-bond acceptors (Lipinski definition) is 3. The van der Waals surface area contributed by atoms with Gasteiger partial charge in [-0.05, 0) is 44.5 Å². The quantitative estimate of drug-likeness (QED) is 0.806. The Morgan fingerprint density at radius 2 is 2.39 bits per heavy atom. The summed E-state index contributed by atoms with van der Waals surface area (Å²) in [4.78, 5) is 2.67. The molecule has 2 rings (SSSR count). The van der Waals surface area contributed by atoms with Gasteiger partial charge in [-0.25, -0.2) is 0 Å². The van der Waals surface area contributed by atoms with E-state index in [4.69, 9.17) is 4.42 Å². The molecule has 0 bridgehead atoms. The second-order valence-corrected chi connectivity index (χ2v) is 5.25. The first-order valence-corrected chi connectivity index (χ1v) is 7.37. The lowest BCUT2D eigenvalue weighted by molar-refractivity contribution is 0.142. The molecule has 1 N–H and O–H groups in total. The summed E-state index contributed by atoms with van der Waals surface area (Å²) in [5.74, 6) is 1.03. The number of rotatable bonds is 7. The van der Waals surface area contributed by atoms with E-state index in [1.807, 2.05) is 12.1 Å². The number of unbranched alkanes of at least 4 members (excludes halogenated alkanes) is 1. The Hall–Kier alpha value is -0.800. The van der Waals surface area contributed by atoms with Gasteiger partial charge in [0.15, 0.2) is 0 Å². The van der Waals surface area contributed by atoms with Gasteiger partial charge in [0.25, 0.3) is 0 Å². The highest BCUT2D eigenvalue weighted by Gasteiger charge is 2.21. The molecule has 2 heterocycles. The molecule has 0 amide bonds. The Balaban J connectivity index is 1.71. The van der Waals surface area contributed by atoms with Crippen molar-refractivity contribution in [2.45, 2.75) is 51.6 Å². The molecule has 1 aromatic heterocycles. The Morgan fingerprint density at radius 3 is 3.17 bits per heavy atom. The lowest BCUT2D eigenvalue weighted by Gasteiger charge is -2.35. The Kier molecular flexibility index (Phi) is 5.75. The van der Waals surface area contributed by atoms with Gasteiger partial charge in [-0.3, -0.25) is 4.90 Å². The van der Waals surface area contributed by atoms with Gasteiger partial charge >= 0.3 is 0 Å². The van der Waals surface area contributed by atoms with E-state index in [0.717, 1.165) is 24.9 Å². The van der Waals surface area contributed by atoms with Crippen LogP contribution in [0.1, 0.15) is 44.8 Å². The summed E-state index contributed by atoms with van der Waals surface area (Å²) >= 11 is 0. The maximum absolute atomic E-state index is 5.34. The second-order valence-electron chi connectivity index (χ2n) is 5.25. The molecule has 1 fully saturated rings. The summed E-state index contributed by atoms with van der Waals surface area (Å²) < 4.78 is 5.34. The molecule has 3 nitrogen and oxygen atoms in total. The molecule has 0 aromatic carbocycles. The van der Waals surface area contributed by atoms with Crippen LogP contribution in [0, 0.1) is 0 Å². The molecule has 1 aliphatic rings. The lowest BCUT2D eigenvalue weighted by atomic mass is 10.0. The van der Waals surface area contributed by atoms with Gasteiger partial charge < -0.3 is 9.73 Å². The fourth-order valence-corrected chi connectivity index (χ4v) is 2.72. The van der Waals surface area contributed by atoms with Crippen LogP contribution in [0.3, 0.4) is 0 Å². The van der Waals surface area contributed by atoms with Crippen molar-refractivity contribution in [3.8, 4) is 0 Å². The predicted molar refractivity (Wildman–Crippen MR) is 74.5 cm³/mol. The van der Waals surface area contributed by atoms with Crippen LogP contribution in [0.25, 0.3) is 0 Å². The summed E-state index contributed by atoms with van der Waals surface area (Å²) in [5.41, 5.74) is 0. The van der Waals surface area contributed by atoms with Gasteiger partial charge in [0.2, 0.25) is 0 Å². The second kappa shape index (κ2) is 7.59. The fourth-order valence-electron chi connectivity index (χ4n) is 2.72. The molecule has 0 saturated carbocycles. The molecule has 3 heteroatoms. The third-order valence-electron chi connectivity index (χ3n) is 3.81. The average molecular weight is 250 g/mol. The smallest absolute Gasteiger partial charge is 0.117 e. The zero-order valence-electron chi connectivity index (χ0n) is 11.5. The van der Waals surface area contributed by atoms with Crippen molar-refractivity contribution in [2.75, 3.05) is 19.6 Å². The molecule has 1 atom stereocenters. The number of piperidine rings is 1. The maximum atomic E-state index is 5.34. The van der Waals surface area contributed by atoms with Crippen molar-refractivity contribution in [3.05, 3.63) is 24.2 Å². The topological polar surface area (TPSA) is 28.4 Å². The lowest BCUT2D eigenvalue weighted by Crippen LogP contribution is -2.45. The number of nitrogens with one attached hydrogen (secondary N) is 1. The number of furan rings is 1. The minimum absolute atomic E-state index is 0.722. The Morgan fingerprint density at radius 1 is 1.44 bits per heavy atom. The largest absolute Gasteiger partial charge is 0.468 e. The average Bonchev–Trinajstić information content (AvgIpc) is 2.91. The van der Waals surface area contributed by atoms with Gasteiger partial charge in [-0.2, -0.15) is 0 Å². The minimum Gasteiger partial charge on any atom is -0.468 e. The molecule has 0 aliphatic carbocycles. The van der Waals surface area contributed by atoms with Crippen molar-refractivity contribution in [1.29, 1.82) is 0 Å². The Bertz CT molecular complexity index is 310. The van der Waals surface area contributed by atoms with E-state index in [2.05, 4.69) is 17.1 Å². The van der Waals surface area contributed by atoms with Crippen molar-refractivity contribution >= 4 is 0 Å². The Labute approximate surface area is 111 Å². The fraction of sp³-hybridized carbons (Fsp3) is 0.733. The van der Waals surface area contributed by atoms with Crippen molar-refractivity contribution < 1.29 is 4.42 Å². The molecule has 1 unspecified atom stereocenters. The number of likely N-dealkylation sites (tertiary alicyclic amines) is 1. The molecular weight excluding hydrogens is 224 g/mol. The van der Waals surface area contributed by atoms with Crippen LogP contribution >= 0.6 is 0 Å². The molecule has 1 saturated heterocycles. The van der Waals surface area contributed by atoms with Crippen LogP contribution in [-0.2, 0) is 6.54 Å². The van der Waals surface area contributed by atoms with Crippen LogP contribution in [0.4, 0.5) is 0 Å². The molecule has 18 heavy (non-hydrogen) atoms. The third kappa shape index (κ3) is 4.14. The molecule has 0 radical (unpaired) electrons. The maximum Gasteiger partial charge on any atom is 0.117 e. The molecular formula is C15H26N2O. The van der Waals surface area contributed by atoms with Gasteiger partial charge in [0, 0.05) is 12.6 Å². The van der Waals surface area contributed by atoms with Crippen LogP contribution in [0.2, 0.25) is 0 Å². The van der Waals surface area contributed by atoms with Crippen molar-refractivity contribution in [3.63, 3.8) is 0 Å². The minimum atomic E-state index is 0.722. The first kappa shape index (κ1) is 13.6. The normalized spacial score (nSPS) is 21.3. The van der Waals surface area contributed by atoms with Crippen LogP contribution < -0.4 is 5.32 Å². The van der Waals surface area contributed by atoms with Gasteiger partial charge in [-0.15, -0.1) is 0 Å². The summed E-state index contributed by atoms with van der Waals surface area (Å²) in [6.07, 6.45) is 8.46. The molecule has 1 aliphatic heterocycles. The van der Waals surface area contributed by atoms with Crippen molar-refractivity contribution in [2.24, 2.45) is 0 Å². The van der Waals surface area contributed by atoms with E-state index in [9.17, 15) is 0 Å². The van der Waals surface area contributed by atoms with Gasteiger partial charge in [0.1, 0.15) is 5.76 Å². The van der Waals surface area contributed by atoms with E-state index in [-0.39, 0.29) is 0 Å². The van der Waals surface area contributed by atoms with E-state index in [0.29, 0.717) is 0 Å². The van der Waals surface area contributed by atoms with E-state index in [1.165, 1.54) is 45.2 Å². The monoisotopic (exact) mass is 250 g/mol. The molecule has 102 valence electrons. The van der Waals surface area contributed by atoms with Crippen LogP contribution in [0.5, 0.6) is 0 Å². The summed E-state index contributed by atoms with van der Waals surface area (Å²) in [6.45, 7) is 6.76. The van der Waals surface area contributed by atoms with Crippen LogP contribution in [-0.4, -0.2) is 30.6 Å². The van der Waals surface area contributed by atoms with Gasteiger partial charge in [-0.1, -0.05) is 19.8 Å². The summed E-state index contributed by atoms with van der Waals surface area (Å²) in [5, 5.41) is 3.53. The zero-order chi connectivity index (χ0) is 12.6. The summed E-state index contributed by atoms with van der Waals surface area (Å²) in [6, 6.07) is 4.70. The first-order chi connectivity index (χ1) is 8.90. The summed E-state index contributed by atoms with van der Waals surface area (Å²) in [7, 11) is 0. The molecule has 0 spiro atoms. The SMILES string of the molecule is CCCCN1CCCCC1CNCc1ccco1. The standard InChI is InChI=1S/C15H26N2O/c1-2-3-9-17-10-5-4-7-14(17)12-16-13-15-8-6-11-18-15/h6,8,11,14,16H,2-5,7,9-10,12-13H2,1H3. The highest BCUT2D eigenvalue weighted by Crippen LogP contribution is 2.17. The van der Waals surface area contributed by atoms with E-state index < -0.39 is 0 Å². The number of hydrogen-bond donors (Lipinski definition) is 1. The van der Waals surface area contributed by atoms with Gasteiger partial charge in [0.05, 0.1) is 12.8 Å². The first-order valence-electron chi connectivity index (χ1n) is 7.37. The third-order valence-corrected chi connectivity index (χ3v) is 3.81. The number of nitrogens with zero attached hydrogens (tertiary/aromatic N) is 1. The van der Waals surface area contributed by atoms with Crippen molar-refractivity contribution in [1.82, 2.24) is 10.2 Å². The highest BCUT2D eigenvalue weighted by molar-refractivity contribution is 4.97. The predicted octanol–water partition coefficient (Wildman–Crippen LogP) is 3.02. The highest BCUT2D eigenvalue weighted by atomic mass is 16.3. The van der Waals surface area contributed by atoms with E-state index in [1.54, 1.807) is 6.26 Å².